The van der Waals surface area contributed by atoms with Gasteiger partial charge in [0.1, 0.15) is 0 Å². The predicted molar refractivity (Wildman–Crippen MR) is 54.0 cm³/mol. The van der Waals surface area contributed by atoms with Gasteiger partial charge in [-0.05, 0) is 25.1 Å². The van der Waals surface area contributed by atoms with Gasteiger partial charge in [0, 0.05) is 18.4 Å². The minimum atomic E-state index is -0.756. The summed E-state index contributed by atoms with van der Waals surface area (Å²) in [6, 6.07) is 1.77. The normalized spacial score (nSPS) is 15.0. The van der Waals surface area contributed by atoms with E-state index in [0.717, 1.165) is 5.56 Å². The van der Waals surface area contributed by atoms with Gasteiger partial charge in [-0.2, -0.15) is 0 Å². The van der Waals surface area contributed by atoms with Crippen molar-refractivity contribution in [1.82, 2.24) is 10.3 Å². The Morgan fingerprint density at radius 2 is 2.43 bits per heavy atom. The van der Waals surface area contributed by atoms with Gasteiger partial charge in [0.05, 0.1) is 5.92 Å². The van der Waals surface area contributed by atoms with Crippen LogP contribution >= 0.6 is 0 Å². The second-order valence-corrected chi connectivity index (χ2v) is 3.26. The summed E-state index contributed by atoms with van der Waals surface area (Å²) in [6.07, 6.45) is 4.24. The van der Waals surface area contributed by atoms with Gasteiger partial charge >= 0.3 is 5.97 Å². The molecule has 0 aliphatic rings. The summed E-state index contributed by atoms with van der Waals surface area (Å²) in [6.45, 7) is 1.88. The average Bonchev–Trinajstić information content (AvgIpc) is 2.65. The molecule has 0 aliphatic heterocycles. The molecule has 78 valence electrons. The molecule has 0 saturated carbocycles. The summed E-state index contributed by atoms with van der Waals surface area (Å²) in [7, 11) is 1.78. The van der Waals surface area contributed by atoms with E-state index < -0.39 is 5.97 Å². The number of H-pyrrole nitrogens is 1. The summed E-state index contributed by atoms with van der Waals surface area (Å²) >= 11 is 0. The summed E-state index contributed by atoms with van der Waals surface area (Å²) in [5, 5.41) is 12.1. The van der Waals surface area contributed by atoms with Crippen LogP contribution in [0.1, 0.15) is 24.9 Å². The molecule has 1 rings (SSSR count). The number of aromatic amines is 1. The number of aliphatic carboxylic acids is 1. The fourth-order valence-electron chi connectivity index (χ4n) is 1.68. The number of nitrogens with one attached hydrogen (secondary N) is 2. The van der Waals surface area contributed by atoms with Crippen molar-refractivity contribution in [3.8, 4) is 0 Å². The molecule has 0 aliphatic carbocycles. The van der Waals surface area contributed by atoms with E-state index in [4.69, 9.17) is 5.11 Å². The lowest BCUT2D eigenvalue weighted by Crippen LogP contribution is -2.30. The number of carboxylic acid groups (broad SMARTS) is 1. The van der Waals surface area contributed by atoms with Crippen LogP contribution in [0.25, 0.3) is 0 Å². The van der Waals surface area contributed by atoms with E-state index in [1.54, 1.807) is 13.2 Å². The van der Waals surface area contributed by atoms with Crippen LogP contribution in [-0.4, -0.2) is 23.1 Å². The zero-order valence-corrected chi connectivity index (χ0v) is 8.45. The van der Waals surface area contributed by atoms with Gasteiger partial charge < -0.3 is 15.4 Å². The lowest BCUT2D eigenvalue weighted by Gasteiger charge is -2.21. The third-order valence-corrected chi connectivity index (χ3v) is 2.45. The van der Waals surface area contributed by atoms with E-state index in [-0.39, 0.29) is 12.0 Å². The molecule has 4 nitrogen and oxygen atoms in total. The predicted octanol–water partition coefficient (Wildman–Crippen LogP) is 1.39. The Morgan fingerprint density at radius 3 is 2.79 bits per heavy atom. The first-order valence-corrected chi connectivity index (χ1v) is 4.73. The van der Waals surface area contributed by atoms with Crippen molar-refractivity contribution in [3.63, 3.8) is 0 Å². The number of carboxylic acids is 1. The Morgan fingerprint density at radius 1 is 1.71 bits per heavy atom. The van der Waals surface area contributed by atoms with Crippen molar-refractivity contribution in [2.45, 2.75) is 19.4 Å². The number of carbonyl (C=O) groups is 1. The van der Waals surface area contributed by atoms with E-state index in [0.29, 0.717) is 6.42 Å². The number of hydrogen-bond donors (Lipinski definition) is 3. The molecule has 0 aromatic carbocycles. The summed E-state index contributed by atoms with van der Waals surface area (Å²) in [5.74, 6) is -1.14. The van der Waals surface area contributed by atoms with E-state index in [9.17, 15) is 4.79 Å². The number of rotatable bonds is 5. The molecule has 0 bridgehead atoms. The van der Waals surface area contributed by atoms with Crippen molar-refractivity contribution in [2.75, 3.05) is 7.05 Å². The van der Waals surface area contributed by atoms with Crippen molar-refractivity contribution in [1.29, 1.82) is 0 Å². The van der Waals surface area contributed by atoms with Crippen molar-refractivity contribution in [3.05, 3.63) is 24.0 Å². The zero-order chi connectivity index (χ0) is 10.6. The van der Waals surface area contributed by atoms with Crippen LogP contribution in [0.4, 0.5) is 0 Å². The molecule has 0 saturated heterocycles. The standard InChI is InChI=1S/C10H16N2O2/c1-3-8(10(13)14)9(11-2)7-4-5-12-6-7/h4-6,8-9,11-12H,3H2,1-2H3,(H,13,14). The van der Waals surface area contributed by atoms with Crippen LogP contribution in [0.3, 0.4) is 0 Å². The van der Waals surface area contributed by atoms with Gasteiger partial charge in [-0.1, -0.05) is 6.92 Å². The molecular formula is C10H16N2O2. The first kappa shape index (κ1) is 10.8. The van der Waals surface area contributed by atoms with Crippen LogP contribution in [0.2, 0.25) is 0 Å². The highest BCUT2D eigenvalue weighted by molar-refractivity contribution is 5.71. The minimum absolute atomic E-state index is 0.122. The molecule has 4 heteroatoms. The van der Waals surface area contributed by atoms with Crippen molar-refractivity contribution >= 4 is 5.97 Å². The molecule has 2 atom stereocenters. The maximum absolute atomic E-state index is 11.0. The smallest absolute Gasteiger partial charge is 0.308 e. The molecule has 0 amide bonds. The van der Waals surface area contributed by atoms with E-state index in [1.165, 1.54) is 0 Å². The highest BCUT2D eigenvalue weighted by Crippen LogP contribution is 2.24. The van der Waals surface area contributed by atoms with E-state index >= 15 is 0 Å². The fraction of sp³-hybridized carbons (Fsp3) is 0.500. The van der Waals surface area contributed by atoms with Crippen LogP contribution < -0.4 is 5.32 Å². The molecule has 0 radical (unpaired) electrons. The Balaban J connectivity index is 2.85. The Hall–Kier alpha value is -1.29. The first-order valence-electron chi connectivity index (χ1n) is 4.73. The van der Waals surface area contributed by atoms with Crippen LogP contribution in [0.15, 0.2) is 18.5 Å². The zero-order valence-electron chi connectivity index (χ0n) is 8.45. The monoisotopic (exact) mass is 196 g/mol. The van der Waals surface area contributed by atoms with Gasteiger partial charge in [0.2, 0.25) is 0 Å². The quantitative estimate of drug-likeness (QED) is 0.666. The summed E-state index contributed by atoms with van der Waals surface area (Å²) in [4.78, 5) is 13.9. The second-order valence-electron chi connectivity index (χ2n) is 3.26. The molecule has 2 unspecified atom stereocenters. The third-order valence-electron chi connectivity index (χ3n) is 2.45. The van der Waals surface area contributed by atoms with Gasteiger partial charge in [0.25, 0.3) is 0 Å². The molecule has 0 spiro atoms. The lowest BCUT2D eigenvalue weighted by molar-refractivity contribution is -0.143. The lowest BCUT2D eigenvalue weighted by atomic mass is 9.93. The Labute approximate surface area is 83.3 Å². The molecular weight excluding hydrogens is 180 g/mol. The Bertz CT molecular complexity index is 282. The molecule has 14 heavy (non-hydrogen) atoms. The molecule has 3 N–H and O–H groups in total. The first-order chi connectivity index (χ1) is 6.70. The van der Waals surface area contributed by atoms with Gasteiger partial charge in [-0.3, -0.25) is 4.79 Å². The van der Waals surface area contributed by atoms with E-state index in [1.807, 2.05) is 19.2 Å². The topological polar surface area (TPSA) is 65.1 Å². The molecule has 1 aromatic heterocycles. The maximum atomic E-state index is 11.0. The average molecular weight is 196 g/mol. The van der Waals surface area contributed by atoms with Gasteiger partial charge in [-0.25, -0.2) is 0 Å². The SMILES string of the molecule is CCC(C(=O)O)C(NC)c1cc[nH]c1. The summed E-state index contributed by atoms with van der Waals surface area (Å²) in [5.41, 5.74) is 0.988. The largest absolute Gasteiger partial charge is 0.481 e. The van der Waals surface area contributed by atoms with Crippen LogP contribution in [-0.2, 0) is 4.79 Å². The van der Waals surface area contributed by atoms with Crippen LogP contribution in [0.5, 0.6) is 0 Å². The fourth-order valence-corrected chi connectivity index (χ4v) is 1.68. The third kappa shape index (κ3) is 2.14. The molecule has 1 heterocycles. The van der Waals surface area contributed by atoms with Crippen molar-refractivity contribution in [2.24, 2.45) is 5.92 Å². The highest BCUT2D eigenvalue weighted by atomic mass is 16.4. The Kier molecular flexibility index (Phi) is 3.71. The highest BCUT2D eigenvalue weighted by Gasteiger charge is 2.26. The molecule has 1 aromatic rings. The molecule has 0 fully saturated rings. The maximum Gasteiger partial charge on any atom is 0.308 e. The minimum Gasteiger partial charge on any atom is -0.481 e. The van der Waals surface area contributed by atoms with Gasteiger partial charge in [0.15, 0.2) is 0 Å². The number of hydrogen-bond acceptors (Lipinski definition) is 2. The van der Waals surface area contributed by atoms with Crippen LogP contribution in [0, 0.1) is 5.92 Å². The van der Waals surface area contributed by atoms with E-state index in [2.05, 4.69) is 10.3 Å². The number of aromatic nitrogens is 1. The van der Waals surface area contributed by atoms with Gasteiger partial charge in [-0.15, -0.1) is 0 Å². The second kappa shape index (κ2) is 4.81. The summed E-state index contributed by atoms with van der Waals surface area (Å²) < 4.78 is 0. The van der Waals surface area contributed by atoms with Crippen molar-refractivity contribution < 1.29 is 9.90 Å².